The predicted octanol–water partition coefficient (Wildman–Crippen LogP) is 2.16. The second kappa shape index (κ2) is 4.48. The highest BCUT2D eigenvalue weighted by atomic mass is 16.6. The molecule has 0 radical (unpaired) electrons. The number of amides is 1. The summed E-state index contributed by atoms with van der Waals surface area (Å²) in [5, 5.41) is 9.71. The van der Waals surface area contributed by atoms with Gasteiger partial charge < -0.3 is 14.7 Å². The summed E-state index contributed by atoms with van der Waals surface area (Å²) in [4.78, 5) is 13.9. The van der Waals surface area contributed by atoms with E-state index in [-0.39, 0.29) is 18.2 Å². The number of nitrogens with zero attached hydrogens (tertiary/aromatic N) is 1. The van der Waals surface area contributed by atoms with E-state index in [0.717, 1.165) is 25.8 Å². The van der Waals surface area contributed by atoms with Gasteiger partial charge in [-0.3, -0.25) is 0 Å². The fraction of sp³-hybridized carbons (Fsp3) is 0.923. The Kier molecular flexibility index (Phi) is 3.34. The second-order valence-corrected chi connectivity index (χ2v) is 6.27. The highest BCUT2D eigenvalue weighted by Gasteiger charge is 2.42. The molecule has 1 saturated heterocycles. The first-order valence-corrected chi connectivity index (χ1v) is 6.54. The Morgan fingerprint density at radius 2 is 2.06 bits per heavy atom. The number of hydrogen-bond acceptors (Lipinski definition) is 3. The lowest BCUT2D eigenvalue weighted by atomic mass is 9.92. The van der Waals surface area contributed by atoms with Crippen LogP contribution < -0.4 is 0 Å². The number of ether oxygens (including phenoxy) is 1. The molecule has 0 bridgehead atoms. The summed E-state index contributed by atoms with van der Waals surface area (Å²) in [5.74, 6) is 0.464. The van der Waals surface area contributed by atoms with Crippen molar-refractivity contribution in [3.8, 4) is 0 Å². The maximum absolute atomic E-state index is 12.1. The molecule has 4 nitrogen and oxygen atoms in total. The third kappa shape index (κ3) is 2.92. The van der Waals surface area contributed by atoms with E-state index in [1.54, 1.807) is 0 Å². The zero-order valence-corrected chi connectivity index (χ0v) is 11.0. The molecular formula is C13H23NO3. The van der Waals surface area contributed by atoms with E-state index in [0.29, 0.717) is 12.3 Å². The van der Waals surface area contributed by atoms with Gasteiger partial charge in [-0.2, -0.15) is 0 Å². The zero-order chi connectivity index (χ0) is 12.6. The molecule has 1 heterocycles. The van der Waals surface area contributed by atoms with Crippen LogP contribution in [0.3, 0.4) is 0 Å². The fourth-order valence-electron chi connectivity index (χ4n) is 3.00. The quantitative estimate of drug-likeness (QED) is 0.707. The summed E-state index contributed by atoms with van der Waals surface area (Å²) in [6.45, 7) is 6.42. The van der Waals surface area contributed by atoms with Crippen LogP contribution in [0.4, 0.5) is 4.79 Å². The molecule has 0 aromatic heterocycles. The molecule has 3 atom stereocenters. The van der Waals surface area contributed by atoms with Crippen molar-refractivity contribution in [2.75, 3.05) is 6.54 Å². The van der Waals surface area contributed by atoms with Gasteiger partial charge in [0.25, 0.3) is 0 Å². The van der Waals surface area contributed by atoms with Gasteiger partial charge >= 0.3 is 6.09 Å². The van der Waals surface area contributed by atoms with E-state index in [2.05, 4.69) is 0 Å². The molecule has 1 amide bonds. The number of fused-ring (bicyclic) bond motifs is 1. The van der Waals surface area contributed by atoms with Crippen LogP contribution in [0.2, 0.25) is 0 Å². The van der Waals surface area contributed by atoms with Crippen LogP contribution in [0.15, 0.2) is 0 Å². The standard InChI is InChI=1S/C13H23NO3/c1-13(2,3)17-12(16)14-6-4-5-9-7-10(15)8-11(9)14/h9-11,15H,4-8H2,1-3H3. The predicted molar refractivity (Wildman–Crippen MR) is 64.7 cm³/mol. The molecule has 0 aromatic rings. The Balaban J connectivity index is 2.02. The summed E-state index contributed by atoms with van der Waals surface area (Å²) in [7, 11) is 0. The van der Waals surface area contributed by atoms with Crippen molar-refractivity contribution in [1.82, 2.24) is 4.90 Å². The van der Waals surface area contributed by atoms with E-state index in [1.807, 2.05) is 25.7 Å². The van der Waals surface area contributed by atoms with Gasteiger partial charge in [-0.05, 0) is 52.4 Å². The lowest BCUT2D eigenvalue weighted by Crippen LogP contribution is -2.48. The Morgan fingerprint density at radius 1 is 1.35 bits per heavy atom. The van der Waals surface area contributed by atoms with E-state index in [9.17, 15) is 9.90 Å². The molecule has 4 heteroatoms. The second-order valence-electron chi connectivity index (χ2n) is 6.27. The molecule has 3 unspecified atom stereocenters. The first kappa shape index (κ1) is 12.7. The number of carbonyl (C=O) groups is 1. The van der Waals surface area contributed by atoms with Gasteiger partial charge in [0.1, 0.15) is 5.60 Å². The number of hydrogen-bond donors (Lipinski definition) is 1. The van der Waals surface area contributed by atoms with Gasteiger partial charge in [-0.25, -0.2) is 4.79 Å². The van der Waals surface area contributed by atoms with Crippen LogP contribution in [0.5, 0.6) is 0 Å². The number of likely N-dealkylation sites (tertiary alicyclic amines) is 1. The molecule has 0 spiro atoms. The highest BCUT2D eigenvalue weighted by molar-refractivity contribution is 5.68. The van der Waals surface area contributed by atoms with Crippen molar-refractivity contribution < 1.29 is 14.6 Å². The lowest BCUT2D eigenvalue weighted by molar-refractivity contribution is 0.00390. The molecule has 1 saturated carbocycles. The average Bonchev–Trinajstić information content (AvgIpc) is 2.54. The van der Waals surface area contributed by atoms with Crippen LogP contribution in [0.1, 0.15) is 46.5 Å². The third-order valence-corrected chi connectivity index (χ3v) is 3.63. The van der Waals surface area contributed by atoms with Gasteiger partial charge in [-0.1, -0.05) is 0 Å². The lowest BCUT2D eigenvalue weighted by Gasteiger charge is -2.38. The van der Waals surface area contributed by atoms with Crippen molar-refractivity contribution in [3.63, 3.8) is 0 Å². The zero-order valence-electron chi connectivity index (χ0n) is 11.0. The first-order chi connectivity index (χ1) is 7.87. The van der Waals surface area contributed by atoms with Crippen LogP contribution in [0, 0.1) is 5.92 Å². The molecular weight excluding hydrogens is 218 g/mol. The van der Waals surface area contributed by atoms with Gasteiger partial charge in [0.05, 0.1) is 6.10 Å². The van der Waals surface area contributed by atoms with Crippen LogP contribution in [0.25, 0.3) is 0 Å². The number of piperidine rings is 1. The summed E-state index contributed by atoms with van der Waals surface area (Å²) in [5.41, 5.74) is -0.443. The van der Waals surface area contributed by atoms with Crippen LogP contribution >= 0.6 is 0 Å². The molecule has 2 aliphatic rings. The topological polar surface area (TPSA) is 49.8 Å². The van der Waals surface area contributed by atoms with E-state index >= 15 is 0 Å². The normalized spacial score (nSPS) is 33.4. The Labute approximate surface area is 103 Å². The number of carbonyl (C=O) groups excluding carboxylic acids is 1. The number of rotatable bonds is 0. The van der Waals surface area contributed by atoms with Crippen molar-refractivity contribution >= 4 is 6.09 Å². The Hall–Kier alpha value is -0.770. The number of aliphatic hydroxyl groups is 1. The fourth-order valence-corrected chi connectivity index (χ4v) is 3.00. The SMILES string of the molecule is CC(C)(C)OC(=O)N1CCCC2CC(O)CC21. The van der Waals surface area contributed by atoms with Gasteiger partial charge in [0.15, 0.2) is 0 Å². The van der Waals surface area contributed by atoms with Crippen molar-refractivity contribution in [2.45, 2.75) is 64.2 Å². The van der Waals surface area contributed by atoms with E-state index in [4.69, 9.17) is 4.74 Å². The largest absolute Gasteiger partial charge is 0.444 e. The molecule has 2 fully saturated rings. The molecule has 1 aliphatic heterocycles. The van der Waals surface area contributed by atoms with Crippen LogP contribution in [-0.4, -0.2) is 40.4 Å². The highest BCUT2D eigenvalue weighted by Crippen LogP contribution is 2.37. The maximum atomic E-state index is 12.1. The molecule has 1 aliphatic carbocycles. The molecule has 2 rings (SSSR count). The third-order valence-electron chi connectivity index (χ3n) is 3.63. The van der Waals surface area contributed by atoms with Crippen molar-refractivity contribution in [2.24, 2.45) is 5.92 Å². The minimum atomic E-state index is -0.443. The van der Waals surface area contributed by atoms with E-state index in [1.165, 1.54) is 0 Å². The van der Waals surface area contributed by atoms with E-state index < -0.39 is 5.60 Å². The van der Waals surface area contributed by atoms with Gasteiger partial charge in [0.2, 0.25) is 0 Å². The summed E-state index contributed by atoms with van der Waals surface area (Å²) in [6.07, 6.45) is 3.23. The van der Waals surface area contributed by atoms with Crippen LogP contribution in [-0.2, 0) is 4.74 Å². The Morgan fingerprint density at radius 3 is 2.71 bits per heavy atom. The smallest absolute Gasteiger partial charge is 0.410 e. The maximum Gasteiger partial charge on any atom is 0.410 e. The monoisotopic (exact) mass is 241 g/mol. The van der Waals surface area contributed by atoms with Gasteiger partial charge in [0, 0.05) is 12.6 Å². The first-order valence-electron chi connectivity index (χ1n) is 6.54. The van der Waals surface area contributed by atoms with Gasteiger partial charge in [-0.15, -0.1) is 0 Å². The molecule has 0 aromatic carbocycles. The summed E-state index contributed by atoms with van der Waals surface area (Å²) < 4.78 is 5.43. The molecule has 1 N–H and O–H groups in total. The number of aliphatic hydroxyl groups excluding tert-OH is 1. The minimum Gasteiger partial charge on any atom is -0.444 e. The van der Waals surface area contributed by atoms with Crippen molar-refractivity contribution in [3.05, 3.63) is 0 Å². The molecule has 17 heavy (non-hydrogen) atoms. The summed E-state index contributed by atoms with van der Waals surface area (Å²) in [6, 6.07) is 0.189. The average molecular weight is 241 g/mol. The van der Waals surface area contributed by atoms with Crippen molar-refractivity contribution in [1.29, 1.82) is 0 Å². The minimum absolute atomic E-state index is 0.189. The molecule has 98 valence electrons. The summed E-state index contributed by atoms with van der Waals surface area (Å²) >= 11 is 0. The Bertz CT molecular complexity index is 298.